The van der Waals surface area contributed by atoms with Gasteiger partial charge in [-0.3, -0.25) is 4.99 Å². The minimum absolute atomic E-state index is 0. The normalized spacial score (nSPS) is 20.2. The lowest BCUT2D eigenvalue weighted by Crippen LogP contribution is -2.43. The van der Waals surface area contributed by atoms with Crippen LogP contribution in [0.5, 0.6) is 0 Å². The van der Waals surface area contributed by atoms with Crippen LogP contribution in [0.3, 0.4) is 0 Å². The first-order chi connectivity index (χ1) is 9.61. The van der Waals surface area contributed by atoms with E-state index in [4.69, 9.17) is 4.74 Å². The van der Waals surface area contributed by atoms with Crippen molar-refractivity contribution in [2.45, 2.75) is 71.4 Å². The molecule has 2 atom stereocenters. The summed E-state index contributed by atoms with van der Waals surface area (Å²) in [6.07, 6.45) is 7.72. The Hall–Kier alpha value is -0.0400. The summed E-state index contributed by atoms with van der Waals surface area (Å²) in [6, 6.07) is 0.475. The van der Waals surface area contributed by atoms with Crippen molar-refractivity contribution in [1.29, 1.82) is 0 Å². The van der Waals surface area contributed by atoms with E-state index in [2.05, 4.69) is 36.4 Å². The van der Waals surface area contributed by atoms with E-state index in [1.54, 1.807) is 0 Å². The Morgan fingerprint density at radius 2 is 2.05 bits per heavy atom. The average Bonchev–Trinajstić information content (AvgIpc) is 2.90. The van der Waals surface area contributed by atoms with Gasteiger partial charge in [0.2, 0.25) is 0 Å². The molecule has 0 bridgehead atoms. The largest absolute Gasteiger partial charge is 0.378 e. The van der Waals surface area contributed by atoms with Crippen LogP contribution in [-0.4, -0.2) is 38.3 Å². The fourth-order valence-electron chi connectivity index (χ4n) is 2.56. The minimum Gasteiger partial charge on any atom is -0.378 e. The van der Waals surface area contributed by atoms with Crippen molar-refractivity contribution in [2.75, 3.05) is 20.2 Å². The van der Waals surface area contributed by atoms with Gasteiger partial charge in [0.1, 0.15) is 0 Å². The van der Waals surface area contributed by atoms with Gasteiger partial charge in [0.25, 0.3) is 0 Å². The molecule has 1 saturated heterocycles. The molecule has 0 spiro atoms. The summed E-state index contributed by atoms with van der Waals surface area (Å²) in [5, 5.41) is 6.85. The van der Waals surface area contributed by atoms with Crippen molar-refractivity contribution in [3.8, 4) is 0 Å². The van der Waals surface area contributed by atoms with E-state index in [-0.39, 0.29) is 24.0 Å². The highest BCUT2D eigenvalue weighted by molar-refractivity contribution is 14.0. The van der Waals surface area contributed by atoms with E-state index in [1.807, 2.05) is 7.05 Å². The molecule has 1 heterocycles. The molecule has 21 heavy (non-hydrogen) atoms. The van der Waals surface area contributed by atoms with Crippen LogP contribution in [0, 0.1) is 5.92 Å². The van der Waals surface area contributed by atoms with Gasteiger partial charge in [-0.25, -0.2) is 0 Å². The number of aliphatic imine (C=N–C) groups is 1. The van der Waals surface area contributed by atoms with Crippen LogP contribution < -0.4 is 10.6 Å². The van der Waals surface area contributed by atoms with Gasteiger partial charge in [0.05, 0.1) is 6.10 Å². The first kappa shape index (κ1) is 21.0. The minimum atomic E-state index is 0. The van der Waals surface area contributed by atoms with E-state index in [0.717, 1.165) is 31.4 Å². The number of rotatable bonds is 8. The van der Waals surface area contributed by atoms with Gasteiger partial charge < -0.3 is 15.4 Å². The Balaban J connectivity index is 0.00000400. The zero-order valence-corrected chi connectivity index (χ0v) is 16.5. The monoisotopic (exact) mass is 411 g/mol. The molecule has 0 aliphatic carbocycles. The van der Waals surface area contributed by atoms with E-state index < -0.39 is 0 Å². The summed E-state index contributed by atoms with van der Waals surface area (Å²) >= 11 is 0. The Kier molecular flexibility index (Phi) is 12.5. The Morgan fingerprint density at radius 1 is 1.29 bits per heavy atom. The van der Waals surface area contributed by atoms with Crippen LogP contribution in [0.4, 0.5) is 0 Å². The summed E-state index contributed by atoms with van der Waals surface area (Å²) in [6.45, 7) is 8.66. The molecule has 0 aromatic carbocycles. The molecule has 126 valence electrons. The van der Waals surface area contributed by atoms with Crippen molar-refractivity contribution < 1.29 is 4.74 Å². The van der Waals surface area contributed by atoms with E-state index >= 15 is 0 Å². The SMILES string of the molecule is CN=C(NCCC1CCCO1)NC(C)CCCC(C)C.I. The maximum absolute atomic E-state index is 5.62. The Bertz CT molecular complexity index is 279. The van der Waals surface area contributed by atoms with Crippen molar-refractivity contribution in [3.63, 3.8) is 0 Å². The van der Waals surface area contributed by atoms with Crippen molar-refractivity contribution in [3.05, 3.63) is 0 Å². The van der Waals surface area contributed by atoms with Gasteiger partial charge >= 0.3 is 0 Å². The van der Waals surface area contributed by atoms with Crippen LogP contribution in [-0.2, 0) is 4.74 Å². The standard InChI is InChI=1S/C16H33N3O.HI/c1-13(2)7-5-8-14(3)19-16(17-4)18-11-10-15-9-6-12-20-15;/h13-15H,5-12H2,1-4H3,(H2,17,18,19);1H. The zero-order valence-electron chi connectivity index (χ0n) is 14.2. The zero-order chi connectivity index (χ0) is 14.8. The molecule has 0 saturated carbocycles. The molecule has 1 rings (SSSR count). The maximum atomic E-state index is 5.62. The van der Waals surface area contributed by atoms with Crippen LogP contribution in [0.2, 0.25) is 0 Å². The summed E-state index contributed by atoms with van der Waals surface area (Å²) in [7, 11) is 1.84. The van der Waals surface area contributed by atoms with Crippen LogP contribution in [0.25, 0.3) is 0 Å². The molecule has 0 amide bonds. The smallest absolute Gasteiger partial charge is 0.191 e. The second kappa shape index (κ2) is 12.5. The van der Waals surface area contributed by atoms with Crippen LogP contribution in [0.15, 0.2) is 4.99 Å². The number of ether oxygens (including phenoxy) is 1. The molecule has 2 N–H and O–H groups in total. The molecule has 5 heteroatoms. The molecule has 1 fully saturated rings. The number of guanidine groups is 1. The molecule has 0 radical (unpaired) electrons. The lowest BCUT2D eigenvalue weighted by molar-refractivity contribution is 0.105. The highest BCUT2D eigenvalue weighted by Crippen LogP contribution is 2.14. The lowest BCUT2D eigenvalue weighted by atomic mass is 10.0. The van der Waals surface area contributed by atoms with Gasteiger partial charge in [-0.1, -0.05) is 26.7 Å². The van der Waals surface area contributed by atoms with Gasteiger partial charge in [-0.2, -0.15) is 0 Å². The fourth-order valence-corrected chi connectivity index (χ4v) is 2.56. The molecular weight excluding hydrogens is 377 g/mol. The second-order valence-electron chi connectivity index (χ2n) is 6.29. The van der Waals surface area contributed by atoms with E-state index in [0.29, 0.717) is 12.1 Å². The summed E-state index contributed by atoms with van der Waals surface area (Å²) in [5.41, 5.74) is 0. The molecule has 1 aliphatic heterocycles. The number of hydrogen-bond acceptors (Lipinski definition) is 2. The fraction of sp³-hybridized carbons (Fsp3) is 0.938. The number of halogens is 1. The molecule has 1 aliphatic rings. The highest BCUT2D eigenvalue weighted by atomic mass is 127. The summed E-state index contributed by atoms with van der Waals surface area (Å²) in [4.78, 5) is 4.29. The van der Waals surface area contributed by atoms with Crippen molar-refractivity contribution in [2.24, 2.45) is 10.9 Å². The first-order valence-electron chi connectivity index (χ1n) is 8.20. The molecular formula is C16H34IN3O. The predicted molar refractivity (Wildman–Crippen MR) is 102 cm³/mol. The first-order valence-corrected chi connectivity index (χ1v) is 8.20. The average molecular weight is 411 g/mol. The predicted octanol–water partition coefficient (Wildman–Crippen LogP) is 3.55. The van der Waals surface area contributed by atoms with Crippen molar-refractivity contribution in [1.82, 2.24) is 10.6 Å². The molecule has 0 aromatic rings. The van der Waals surface area contributed by atoms with Crippen LogP contribution in [0.1, 0.15) is 59.3 Å². The van der Waals surface area contributed by atoms with Gasteiger partial charge in [-0.05, 0) is 38.5 Å². The third-order valence-corrected chi connectivity index (χ3v) is 3.81. The van der Waals surface area contributed by atoms with E-state index in [9.17, 15) is 0 Å². The topological polar surface area (TPSA) is 45.7 Å². The third-order valence-electron chi connectivity index (χ3n) is 3.81. The molecule has 2 unspecified atom stereocenters. The number of nitrogens with one attached hydrogen (secondary N) is 2. The molecule has 4 nitrogen and oxygen atoms in total. The van der Waals surface area contributed by atoms with E-state index in [1.165, 1.54) is 32.1 Å². The van der Waals surface area contributed by atoms with Crippen molar-refractivity contribution >= 4 is 29.9 Å². The van der Waals surface area contributed by atoms with Crippen LogP contribution >= 0.6 is 24.0 Å². The maximum Gasteiger partial charge on any atom is 0.191 e. The van der Waals surface area contributed by atoms with Gasteiger partial charge in [-0.15, -0.1) is 24.0 Å². The number of hydrogen-bond donors (Lipinski definition) is 2. The third kappa shape index (κ3) is 10.3. The Labute approximate surface area is 147 Å². The quantitative estimate of drug-likeness (QED) is 0.365. The molecule has 0 aromatic heterocycles. The summed E-state index contributed by atoms with van der Waals surface area (Å²) in [5.74, 6) is 1.71. The highest BCUT2D eigenvalue weighted by Gasteiger charge is 2.15. The van der Waals surface area contributed by atoms with Gasteiger partial charge in [0, 0.05) is 26.2 Å². The lowest BCUT2D eigenvalue weighted by Gasteiger charge is -2.19. The Morgan fingerprint density at radius 3 is 2.62 bits per heavy atom. The van der Waals surface area contributed by atoms with Gasteiger partial charge in [0.15, 0.2) is 5.96 Å². The summed E-state index contributed by atoms with van der Waals surface area (Å²) < 4.78 is 5.62. The number of nitrogens with zero attached hydrogens (tertiary/aromatic N) is 1. The second-order valence-corrected chi connectivity index (χ2v) is 6.29.